The molecule has 0 bridgehead atoms. The van der Waals surface area contributed by atoms with Gasteiger partial charge in [0.25, 0.3) is 5.91 Å². The molecule has 0 atom stereocenters. The van der Waals surface area contributed by atoms with Crippen molar-refractivity contribution in [3.05, 3.63) is 59.9 Å². The summed E-state index contributed by atoms with van der Waals surface area (Å²) < 4.78 is 30.7. The predicted octanol–water partition coefficient (Wildman–Crippen LogP) is 3.98. The Kier molecular flexibility index (Phi) is 5.72. The van der Waals surface area contributed by atoms with Gasteiger partial charge in [0, 0.05) is 36.3 Å². The highest BCUT2D eigenvalue weighted by Gasteiger charge is 2.24. The fraction of sp³-hybridized carbons (Fsp3) is 0.333. The summed E-state index contributed by atoms with van der Waals surface area (Å²) in [6, 6.07) is 8.03. The van der Waals surface area contributed by atoms with Crippen molar-refractivity contribution in [2.24, 2.45) is 13.0 Å². The number of nitrogens with one attached hydrogen (secondary N) is 1. The van der Waals surface area contributed by atoms with E-state index in [4.69, 9.17) is 5.10 Å². The van der Waals surface area contributed by atoms with E-state index in [-0.39, 0.29) is 17.5 Å². The second-order valence-corrected chi connectivity index (χ2v) is 8.83. The van der Waals surface area contributed by atoms with Crippen molar-refractivity contribution in [2.75, 3.05) is 6.54 Å². The molecule has 2 heterocycles. The van der Waals surface area contributed by atoms with Gasteiger partial charge in [-0.05, 0) is 49.8 Å². The number of carbonyl (C=O) groups is 1. The highest BCUT2D eigenvalue weighted by molar-refractivity contribution is 5.94. The summed E-state index contributed by atoms with van der Waals surface area (Å²) in [6.07, 6.45) is 7.60. The Hall–Kier alpha value is -3.82. The number of carbonyl (C=O) groups excluding carboxylic acids is 1. The molecule has 8 nitrogen and oxygen atoms in total. The van der Waals surface area contributed by atoms with E-state index in [1.54, 1.807) is 4.68 Å². The lowest BCUT2D eigenvalue weighted by Crippen LogP contribution is -2.31. The molecule has 2 aromatic heterocycles. The number of nitrogens with zero attached hydrogens (tertiary/aromatic N) is 5. The van der Waals surface area contributed by atoms with Crippen molar-refractivity contribution in [2.45, 2.75) is 31.7 Å². The topological polar surface area (TPSA) is 97.9 Å². The third kappa shape index (κ3) is 4.35. The van der Waals surface area contributed by atoms with E-state index in [2.05, 4.69) is 21.8 Å². The van der Waals surface area contributed by atoms with E-state index in [1.165, 1.54) is 0 Å². The third-order valence-corrected chi connectivity index (χ3v) is 6.44. The van der Waals surface area contributed by atoms with Crippen LogP contribution < -0.4 is 5.32 Å². The summed E-state index contributed by atoms with van der Waals surface area (Å²) in [5.41, 5.74) is 2.54. The SMILES string of the molecule is Cn1cc(-c2ccc3cn(C4CCC(CNC(=O)c5cc(F)c(O)c(F)c5)CC4)nc3c2)nn1. The number of amides is 1. The minimum atomic E-state index is -1.15. The Morgan fingerprint density at radius 2 is 1.85 bits per heavy atom. The van der Waals surface area contributed by atoms with Gasteiger partial charge in [-0.25, -0.2) is 8.78 Å². The number of benzene rings is 2. The number of aromatic hydroxyl groups is 1. The molecule has 1 saturated carbocycles. The fourth-order valence-electron chi connectivity index (χ4n) is 4.51. The molecule has 176 valence electrons. The quantitative estimate of drug-likeness (QED) is 0.464. The first-order valence-corrected chi connectivity index (χ1v) is 11.2. The van der Waals surface area contributed by atoms with Crippen LogP contribution in [0.15, 0.2) is 42.7 Å². The van der Waals surface area contributed by atoms with Gasteiger partial charge >= 0.3 is 0 Å². The summed E-state index contributed by atoms with van der Waals surface area (Å²) in [7, 11) is 1.83. The molecular formula is C24H24F2N6O2. The van der Waals surface area contributed by atoms with Gasteiger partial charge in [0.1, 0.15) is 5.69 Å². The second-order valence-electron chi connectivity index (χ2n) is 8.83. The zero-order valence-electron chi connectivity index (χ0n) is 18.6. The van der Waals surface area contributed by atoms with Crippen molar-refractivity contribution >= 4 is 16.8 Å². The van der Waals surface area contributed by atoms with Crippen LogP contribution >= 0.6 is 0 Å². The van der Waals surface area contributed by atoms with Crippen molar-refractivity contribution in [3.63, 3.8) is 0 Å². The number of hydrogen-bond donors (Lipinski definition) is 2. The summed E-state index contributed by atoms with van der Waals surface area (Å²) in [5.74, 6) is -3.66. The van der Waals surface area contributed by atoms with Gasteiger partial charge in [0.2, 0.25) is 0 Å². The van der Waals surface area contributed by atoms with Gasteiger partial charge in [0.05, 0.1) is 17.8 Å². The van der Waals surface area contributed by atoms with Gasteiger partial charge in [-0.1, -0.05) is 17.3 Å². The molecule has 0 aliphatic heterocycles. The first kappa shape index (κ1) is 22.0. The average Bonchev–Trinajstić information content (AvgIpc) is 3.46. The zero-order valence-corrected chi connectivity index (χ0v) is 18.6. The van der Waals surface area contributed by atoms with Crippen LogP contribution in [0.4, 0.5) is 8.78 Å². The molecule has 5 rings (SSSR count). The van der Waals surface area contributed by atoms with E-state index < -0.39 is 23.3 Å². The molecule has 0 spiro atoms. The Morgan fingerprint density at radius 3 is 2.53 bits per heavy atom. The second kappa shape index (κ2) is 8.85. The molecule has 4 aromatic rings. The lowest BCUT2D eigenvalue weighted by molar-refractivity contribution is 0.0940. The molecule has 1 fully saturated rings. The van der Waals surface area contributed by atoms with Crippen molar-refractivity contribution in [1.82, 2.24) is 30.1 Å². The van der Waals surface area contributed by atoms with Crippen LogP contribution in [0, 0.1) is 17.6 Å². The minimum Gasteiger partial charge on any atom is -0.503 e. The average molecular weight is 466 g/mol. The molecule has 0 radical (unpaired) electrons. The summed E-state index contributed by atoms with van der Waals surface area (Å²) in [6.45, 7) is 0.429. The Morgan fingerprint density at radius 1 is 1.12 bits per heavy atom. The molecule has 1 aliphatic carbocycles. The van der Waals surface area contributed by atoms with Crippen LogP contribution in [0.2, 0.25) is 0 Å². The van der Waals surface area contributed by atoms with Crippen molar-refractivity contribution in [1.29, 1.82) is 0 Å². The Bertz CT molecular complexity index is 1330. The number of halogens is 2. The molecule has 2 N–H and O–H groups in total. The van der Waals surface area contributed by atoms with Gasteiger partial charge in [-0.15, -0.1) is 5.10 Å². The first-order chi connectivity index (χ1) is 16.4. The lowest BCUT2D eigenvalue weighted by Gasteiger charge is -2.28. The maximum atomic E-state index is 13.5. The van der Waals surface area contributed by atoms with Crippen LogP contribution in [-0.2, 0) is 7.05 Å². The maximum absolute atomic E-state index is 13.5. The van der Waals surface area contributed by atoms with Crippen LogP contribution in [0.5, 0.6) is 5.75 Å². The standard InChI is InChI=1S/C24H24F2N6O2/c1-31-13-22(28-30-31)15-4-5-16-12-32(29-21(16)10-15)18-6-2-14(3-7-18)11-27-24(34)17-8-19(25)23(33)20(26)9-17/h4-5,8-10,12-14,18,33H,2-3,6-7,11H2,1H3,(H,27,34). The van der Waals surface area contributed by atoms with Gasteiger partial charge < -0.3 is 10.4 Å². The smallest absolute Gasteiger partial charge is 0.251 e. The number of hydrogen-bond acceptors (Lipinski definition) is 5. The largest absolute Gasteiger partial charge is 0.503 e. The highest BCUT2D eigenvalue weighted by atomic mass is 19.1. The number of phenolic OH excluding ortho intramolecular Hbond substituents is 1. The van der Waals surface area contributed by atoms with Crippen LogP contribution in [0.1, 0.15) is 42.1 Å². The summed E-state index contributed by atoms with van der Waals surface area (Å²) in [5, 5.41) is 25.9. The van der Waals surface area contributed by atoms with E-state index in [0.717, 1.165) is 60.0 Å². The van der Waals surface area contributed by atoms with Crippen molar-refractivity contribution < 1.29 is 18.7 Å². The summed E-state index contributed by atoms with van der Waals surface area (Å²) >= 11 is 0. The van der Waals surface area contributed by atoms with Crippen LogP contribution in [0.25, 0.3) is 22.2 Å². The third-order valence-electron chi connectivity index (χ3n) is 6.44. The van der Waals surface area contributed by atoms with E-state index in [1.807, 2.05) is 36.1 Å². The van der Waals surface area contributed by atoms with Crippen molar-refractivity contribution in [3.8, 4) is 17.0 Å². The molecule has 10 heteroatoms. The fourth-order valence-corrected chi connectivity index (χ4v) is 4.51. The molecule has 2 aromatic carbocycles. The Labute approximate surface area is 194 Å². The first-order valence-electron chi connectivity index (χ1n) is 11.2. The monoisotopic (exact) mass is 466 g/mol. The molecule has 34 heavy (non-hydrogen) atoms. The van der Waals surface area contributed by atoms with E-state index >= 15 is 0 Å². The van der Waals surface area contributed by atoms with E-state index in [9.17, 15) is 18.7 Å². The van der Waals surface area contributed by atoms with Gasteiger partial charge in [0.15, 0.2) is 17.4 Å². The molecule has 0 unspecified atom stereocenters. The minimum absolute atomic E-state index is 0.148. The Balaban J connectivity index is 1.18. The number of aryl methyl sites for hydroxylation is 1. The number of rotatable bonds is 5. The lowest BCUT2D eigenvalue weighted by atomic mass is 9.86. The highest BCUT2D eigenvalue weighted by Crippen LogP contribution is 2.33. The summed E-state index contributed by atoms with van der Waals surface area (Å²) in [4.78, 5) is 12.3. The number of fused-ring (bicyclic) bond motifs is 1. The van der Waals surface area contributed by atoms with Gasteiger partial charge in [-0.2, -0.15) is 5.10 Å². The predicted molar refractivity (Wildman–Crippen MR) is 121 cm³/mol. The molecule has 1 amide bonds. The molecular weight excluding hydrogens is 442 g/mol. The molecule has 1 aliphatic rings. The number of aromatic nitrogens is 5. The normalized spacial score (nSPS) is 18.3. The maximum Gasteiger partial charge on any atom is 0.251 e. The van der Waals surface area contributed by atoms with Crippen LogP contribution in [0.3, 0.4) is 0 Å². The van der Waals surface area contributed by atoms with Gasteiger partial charge in [-0.3, -0.25) is 14.2 Å². The zero-order chi connectivity index (χ0) is 23.8. The number of phenols is 1. The van der Waals surface area contributed by atoms with Crippen LogP contribution in [-0.4, -0.2) is 42.3 Å². The molecule has 0 saturated heterocycles. The van der Waals surface area contributed by atoms with E-state index in [0.29, 0.717) is 6.54 Å².